The Labute approximate surface area is 77.2 Å². The first-order valence-corrected chi connectivity index (χ1v) is 4.46. The molecule has 1 aliphatic heterocycles. The number of aliphatic hydroxyl groups is 1. The van der Waals surface area contributed by atoms with Gasteiger partial charge in [0.2, 0.25) is 0 Å². The van der Waals surface area contributed by atoms with E-state index in [0.717, 1.165) is 18.7 Å². The van der Waals surface area contributed by atoms with Crippen molar-refractivity contribution in [3.63, 3.8) is 0 Å². The molecule has 0 saturated carbocycles. The fourth-order valence-electron chi connectivity index (χ4n) is 1.86. The molecular formula is C9H14N2O2. The summed E-state index contributed by atoms with van der Waals surface area (Å²) in [7, 11) is 2.01. The lowest BCUT2D eigenvalue weighted by atomic mass is 9.98. The van der Waals surface area contributed by atoms with Gasteiger partial charge in [-0.1, -0.05) is 0 Å². The van der Waals surface area contributed by atoms with Gasteiger partial charge in [-0.25, -0.2) is 4.98 Å². The predicted molar refractivity (Wildman–Crippen MR) is 47.3 cm³/mol. The number of likely N-dealkylation sites (N-methyl/N-ethyl adjacent to an activating group) is 1. The second kappa shape index (κ2) is 3.12. The summed E-state index contributed by atoms with van der Waals surface area (Å²) in [6.07, 6.45) is 4.44. The van der Waals surface area contributed by atoms with E-state index in [0.29, 0.717) is 13.0 Å². The smallest absolute Gasteiger partial charge is 0.180 e. The summed E-state index contributed by atoms with van der Waals surface area (Å²) in [4.78, 5) is 5.94. The van der Waals surface area contributed by atoms with Crippen molar-refractivity contribution < 1.29 is 9.52 Å². The standard InChI is InChI=1S/C9H14N2O2/c1-11-3-2-9(12,6-11)4-8-5-10-7-13-8/h5,7,12H,2-4,6H2,1H3. The third kappa shape index (κ3) is 1.89. The van der Waals surface area contributed by atoms with E-state index in [2.05, 4.69) is 9.88 Å². The molecule has 1 aromatic rings. The van der Waals surface area contributed by atoms with E-state index in [1.54, 1.807) is 6.20 Å². The quantitative estimate of drug-likeness (QED) is 0.714. The van der Waals surface area contributed by atoms with E-state index >= 15 is 0 Å². The molecule has 1 saturated heterocycles. The molecule has 2 heterocycles. The highest BCUT2D eigenvalue weighted by molar-refractivity contribution is 5.00. The molecule has 1 atom stereocenters. The van der Waals surface area contributed by atoms with E-state index in [9.17, 15) is 5.11 Å². The first kappa shape index (κ1) is 8.72. The van der Waals surface area contributed by atoms with Crippen LogP contribution in [-0.4, -0.2) is 40.7 Å². The Bertz CT molecular complexity index is 273. The monoisotopic (exact) mass is 182 g/mol. The first-order chi connectivity index (χ1) is 6.18. The summed E-state index contributed by atoms with van der Waals surface area (Å²) in [6.45, 7) is 1.67. The maximum Gasteiger partial charge on any atom is 0.180 e. The van der Waals surface area contributed by atoms with Crippen molar-refractivity contribution in [2.45, 2.75) is 18.4 Å². The van der Waals surface area contributed by atoms with Gasteiger partial charge in [-0.15, -0.1) is 0 Å². The van der Waals surface area contributed by atoms with E-state index in [4.69, 9.17) is 4.42 Å². The van der Waals surface area contributed by atoms with Gasteiger partial charge in [0.25, 0.3) is 0 Å². The number of oxazole rings is 1. The number of aromatic nitrogens is 1. The average molecular weight is 182 g/mol. The predicted octanol–water partition coefficient (Wildman–Crippen LogP) is 0.284. The zero-order valence-corrected chi connectivity index (χ0v) is 7.73. The topological polar surface area (TPSA) is 49.5 Å². The van der Waals surface area contributed by atoms with Crippen molar-refractivity contribution in [3.8, 4) is 0 Å². The normalized spacial score (nSPS) is 29.7. The molecular weight excluding hydrogens is 168 g/mol. The van der Waals surface area contributed by atoms with Gasteiger partial charge < -0.3 is 14.4 Å². The van der Waals surface area contributed by atoms with Crippen LogP contribution in [0.5, 0.6) is 0 Å². The molecule has 0 aliphatic carbocycles. The molecule has 0 aromatic carbocycles. The van der Waals surface area contributed by atoms with Crippen LogP contribution in [0, 0.1) is 0 Å². The lowest BCUT2D eigenvalue weighted by molar-refractivity contribution is 0.0473. The molecule has 1 aromatic heterocycles. The SMILES string of the molecule is CN1CCC(O)(Cc2cnco2)C1. The van der Waals surface area contributed by atoms with Crippen molar-refractivity contribution >= 4 is 0 Å². The molecule has 1 N–H and O–H groups in total. The van der Waals surface area contributed by atoms with Gasteiger partial charge in [0.05, 0.1) is 11.8 Å². The highest BCUT2D eigenvalue weighted by Crippen LogP contribution is 2.23. The van der Waals surface area contributed by atoms with Crippen LogP contribution in [0.4, 0.5) is 0 Å². The molecule has 0 amide bonds. The van der Waals surface area contributed by atoms with Crippen LogP contribution < -0.4 is 0 Å². The second-order valence-electron chi connectivity index (χ2n) is 3.86. The summed E-state index contributed by atoms with van der Waals surface area (Å²) in [5.41, 5.74) is -0.617. The Kier molecular flexibility index (Phi) is 2.09. The summed E-state index contributed by atoms with van der Waals surface area (Å²) in [5, 5.41) is 10.1. The molecule has 4 nitrogen and oxygen atoms in total. The third-order valence-electron chi connectivity index (χ3n) is 2.51. The molecule has 0 spiro atoms. The van der Waals surface area contributed by atoms with Crippen molar-refractivity contribution in [1.82, 2.24) is 9.88 Å². The first-order valence-electron chi connectivity index (χ1n) is 4.46. The Hall–Kier alpha value is -0.870. The fourth-order valence-corrected chi connectivity index (χ4v) is 1.86. The zero-order valence-electron chi connectivity index (χ0n) is 7.73. The molecule has 13 heavy (non-hydrogen) atoms. The van der Waals surface area contributed by atoms with Crippen molar-refractivity contribution in [2.24, 2.45) is 0 Å². The van der Waals surface area contributed by atoms with Crippen molar-refractivity contribution in [2.75, 3.05) is 20.1 Å². The lowest BCUT2D eigenvalue weighted by Crippen LogP contribution is -2.34. The number of likely N-dealkylation sites (tertiary alicyclic amines) is 1. The summed E-state index contributed by atoms with van der Waals surface area (Å²) >= 11 is 0. The minimum Gasteiger partial charge on any atom is -0.448 e. The fraction of sp³-hybridized carbons (Fsp3) is 0.667. The number of hydrogen-bond donors (Lipinski definition) is 1. The van der Waals surface area contributed by atoms with Gasteiger partial charge >= 0.3 is 0 Å². The van der Waals surface area contributed by atoms with Gasteiger partial charge in [0.1, 0.15) is 5.76 Å². The molecule has 0 bridgehead atoms. The van der Waals surface area contributed by atoms with E-state index in [1.807, 2.05) is 7.05 Å². The van der Waals surface area contributed by atoms with E-state index < -0.39 is 5.60 Å². The van der Waals surface area contributed by atoms with Crippen LogP contribution in [-0.2, 0) is 6.42 Å². The van der Waals surface area contributed by atoms with E-state index in [1.165, 1.54) is 6.39 Å². The molecule has 4 heteroatoms. The number of nitrogens with zero attached hydrogens (tertiary/aromatic N) is 2. The summed E-state index contributed by atoms with van der Waals surface area (Å²) < 4.78 is 5.11. The van der Waals surface area contributed by atoms with Crippen LogP contribution >= 0.6 is 0 Å². The number of rotatable bonds is 2. The highest BCUT2D eigenvalue weighted by Gasteiger charge is 2.35. The third-order valence-corrected chi connectivity index (χ3v) is 2.51. The molecule has 0 radical (unpaired) electrons. The summed E-state index contributed by atoms with van der Waals surface area (Å²) in [6, 6.07) is 0. The Morgan fingerprint density at radius 1 is 1.77 bits per heavy atom. The molecule has 1 fully saturated rings. The number of β-amino-alcohol motifs (C(OH)–C–C–N with tert-alkyl or cyclic N) is 1. The van der Waals surface area contributed by atoms with Gasteiger partial charge in [-0.05, 0) is 13.5 Å². The van der Waals surface area contributed by atoms with Gasteiger partial charge in [-0.2, -0.15) is 0 Å². The Morgan fingerprint density at radius 3 is 3.15 bits per heavy atom. The largest absolute Gasteiger partial charge is 0.448 e. The lowest BCUT2D eigenvalue weighted by Gasteiger charge is -2.20. The minimum atomic E-state index is -0.617. The average Bonchev–Trinajstić information content (AvgIpc) is 2.62. The number of hydrogen-bond acceptors (Lipinski definition) is 4. The minimum absolute atomic E-state index is 0.567. The van der Waals surface area contributed by atoms with Crippen LogP contribution in [0.25, 0.3) is 0 Å². The van der Waals surface area contributed by atoms with E-state index in [-0.39, 0.29) is 0 Å². The van der Waals surface area contributed by atoms with Crippen LogP contribution in [0.1, 0.15) is 12.2 Å². The van der Waals surface area contributed by atoms with Gasteiger partial charge in [-0.3, -0.25) is 0 Å². The molecule has 2 rings (SSSR count). The molecule has 1 aliphatic rings. The van der Waals surface area contributed by atoms with Crippen LogP contribution in [0.2, 0.25) is 0 Å². The van der Waals surface area contributed by atoms with Gasteiger partial charge in [0, 0.05) is 19.5 Å². The Balaban J connectivity index is 2.01. The van der Waals surface area contributed by atoms with Crippen molar-refractivity contribution in [3.05, 3.63) is 18.4 Å². The maximum atomic E-state index is 10.1. The molecule has 1 unspecified atom stereocenters. The van der Waals surface area contributed by atoms with Gasteiger partial charge in [0.15, 0.2) is 6.39 Å². The molecule has 72 valence electrons. The van der Waals surface area contributed by atoms with Crippen LogP contribution in [0.15, 0.2) is 17.0 Å². The van der Waals surface area contributed by atoms with Crippen LogP contribution in [0.3, 0.4) is 0 Å². The maximum absolute atomic E-state index is 10.1. The summed E-state index contributed by atoms with van der Waals surface area (Å²) in [5.74, 6) is 0.762. The zero-order chi connectivity index (χ0) is 9.31. The highest BCUT2D eigenvalue weighted by atomic mass is 16.3. The van der Waals surface area contributed by atoms with Crippen molar-refractivity contribution in [1.29, 1.82) is 0 Å². The second-order valence-corrected chi connectivity index (χ2v) is 3.86. The Morgan fingerprint density at radius 2 is 2.62 bits per heavy atom.